The van der Waals surface area contributed by atoms with Crippen LogP contribution in [-0.4, -0.2) is 48.1 Å². The van der Waals surface area contributed by atoms with Gasteiger partial charge in [-0.25, -0.2) is 9.59 Å². The first-order valence-electron chi connectivity index (χ1n) is 6.75. The number of carbonyl (C=O) groups is 2. The zero-order valence-electron chi connectivity index (χ0n) is 13.9. The summed E-state index contributed by atoms with van der Waals surface area (Å²) >= 11 is 0. The van der Waals surface area contributed by atoms with E-state index in [1.807, 2.05) is 0 Å². The van der Waals surface area contributed by atoms with Gasteiger partial charge in [0, 0.05) is 0 Å². The molecule has 1 aliphatic heterocycles. The van der Waals surface area contributed by atoms with Gasteiger partial charge in [-0.2, -0.15) is 12.7 Å². The van der Waals surface area contributed by atoms with Crippen LogP contribution in [0.1, 0.15) is 48.5 Å². The minimum absolute atomic E-state index is 0.305. The molecule has 8 nitrogen and oxygen atoms in total. The van der Waals surface area contributed by atoms with Gasteiger partial charge in [0.05, 0.1) is 0 Å². The van der Waals surface area contributed by atoms with Crippen molar-refractivity contribution in [2.75, 3.05) is 6.61 Å². The predicted octanol–water partition coefficient (Wildman–Crippen LogP) is 1.60. The lowest BCUT2D eigenvalue weighted by Crippen LogP contribution is -2.56. The maximum atomic E-state index is 12.3. The second-order valence-electron chi connectivity index (χ2n) is 7.24. The van der Waals surface area contributed by atoms with Crippen molar-refractivity contribution in [3.8, 4) is 0 Å². The van der Waals surface area contributed by atoms with E-state index in [-0.39, 0.29) is 0 Å². The number of esters is 1. The Morgan fingerprint density at radius 1 is 1.05 bits per heavy atom. The molecule has 1 atom stereocenters. The third kappa shape index (κ3) is 4.10. The summed E-state index contributed by atoms with van der Waals surface area (Å²) in [5.41, 5.74) is -3.58. The monoisotopic (exact) mass is 337 g/mol. The zero-order chi connectivity index (χ0) is 17.6. The molecule has 0 unspecified atom stereocenters. The van der Waals surface area contributed by atoms with Crippen LogP contribution in [-0.2, 0) is 28.8 Å². The Morgan fingerprint density at radius 3 is 1.91 bits per heavy atom. The largest absolute Gasteiger partial charge is 0.458 e. The Kier molecular flexibility index (Phi) is 4.57. The first kappa shape index (κ1) is 18.7. The maximum absolute atomic E-state index is 12.3. The molecule has 128 valence electrons. The fourth-order valence-electron chi connectivity index (χ4n) is 1.67. The third-order valence-electron chi connectivity index (χ3n) is 2.56. The maximum Gasteiger partial charge on any atom is 0.427 e. The zero-order valence-corrected chi connectivity index (χ0v) is 14.7. The average molecular weight is 337 g/mol. The van der Waals surface area contributed by atoms with Crippen molar-refractivity contribution in [3.05, 3.63) is 0 Å². The highest BCUT2D eigenvalue weighted by atomic mass is 32.2. The first-order valence-corrected chi connectivity index (χ1v) is 8.11. The van der Waals surface area contributed by atoms with Crippen molar-refractivity contribution < 1.29 is 31.7 Å². The number of ether oxygens (including phenoxy) is 2. The molecule has 0 aromatic rings. The minimum atomic E-state index is -4.41. The summed E-state index contributed by atoms with van der Waals surface area (Å²) in [6.45, 7) is 10.4. The van der Waals surface area contributed by atoms with Gasteiger partial charge >= 0.3 is 22.4 Å². The highest BCUT2D eigenvalue weighted by molar-refractivity contribution is 7.85. The van der Waals surface area contributed by atoms with Crippen LogP contribution in [0.15, 0.2) is 0 Å². The van der Waals surface area contributed by atoms with Gasteiger partial charge < -0.3 is 9.47 Å². The van der Waals surface area contributed by atoms with Gasteiger partial charge in [0.1, 0.15) is 17.8 Å². The van der Waals surface area contributed by atoms with E-state index in [0.717, 1.165) is 0 Å². The van der Waals surface area contributed by atoms with Crippen molar-refractivity contribution in [1.29, 1.82) is 0 Å². The Morgan fingerprint density at radius 2 is 1.50 bits per heavy atom. The molecule has 9 heteroatoms. The molecular formula is C13H23NO7S. The summed E-state index contributed by atoms with van der Waals surface area (Å²) < 4.78 is 39.1. The molecular weight excluding hydrogens is 314 g/mol. The van der Waals surface area contributed by atoms with Gasteiger partial charge in [0.2, 0.25) is 0 Å². The Labute approximate surface area is 131 Å². The first-order chi connectivity index (χ1) is 9.58. The number of rotatable bonds is 1. The number of hydrogen-bond donors (Lipinski definition) is 0. The molecule has 0 N–H and O–H groups in total. The SMILES string of the molecule is CC(C)(C)OC(=O)N1[C@](C)(C(=O)OC(C)(C)C)COS1(=O)=O. The normalized spacial score (nSPS) is 25.0. The van der Waals surface area contributed by atoms with Crippen molar-refractivity contribution in [2.24, 2.45) is 0 Å². The molecule has 0 aliphatic carbocycles. The summed E-state index contributed by atoms with van der Waals surface area (Å²) in [5, 5.41) is 0. The second kappa shape index (κ2) is 5.38. The lowest BCUT2D eigenvalue weighted by atomic mass is 10.0. The van der Waals surface area contributed by atoms with Crippen LogP contribution in [0.5, 0.6) is 0 Å². The van der Waals surface area contributed by atoms with Crippen LogP contribution in [0.4, 0.5) is 4.79 Å². The molecule has 1 heterocycles. The van der Waals surface area contributed by atoms with Gasteiger partial charge in [-0.05, 0) is 48.5 Å². The lowest BCUT2D eigenvalue weighted by Gasteiger charge is -2.32. The van der Waals surface area contributed by atoms with E-state index in [2.05, 4.69) is 4.18 Å². The Bertz CT molecular complexity index is 570. The lowest BCUT2D eigenvalue weighted by molar-refractivity contribution is -0.165. The average Bonchev–Trinajstić information content (AvgIpc) is 2.45. The van der Waals surface area contributed by atoms with Crippen LogP contribution in [0, 0.1) is 0 Å². The van der Waals surface area contributed by atoms with Gasteiger partial charge in [-0.3, -0.25) is 4.18 Å². The van der Waals surface area contributed by atoms with Crippen LogP contribution >= 0.6 is 0 Å². The molecule has 1 amide bonds. The molecule has 0 saturated carbocycles. The van der Waals surface area contributed by atoms with Crippen LogP contribution < -0.4 is 0 Å². The van der Waals surface area contributed by atoms with E-state index in [1.54, 1.807) is 41.5 Å². The van der Waals surface area contributed by atoms with Crippen molar-refractivity contribution >= 4 is 22.4 Å². The fraction of sp³-hybridized carbons (Fsp3) is 0.846. The van der Waals surface area contributed by atoms with E-state index < -0.39 is 45.7 Å². The molecule has 22 heavy (non-hydrogen) atoms. The molecule has 0 spiro atoms. The van der Waals surface area contributed by atoms with E-state index in [0.29, 0.717) is 4.31 Å². The molecule has 0 aromatic heterocycles. The van der Waals surface area contributed by atoms with E-state index in [4.69, 9.17) is 9.47 Å². The van der Waals surface area contributed by atoms with Gasteiger partial charge in [0.15, 0.2) is 5.54 Å². The summed E-state index contributed by atoms with van der Waals surface area (Å²) in [6.07, 6.45) is -1.18. The van der Waals surface area contributed by atoms with Crippen LogP contribution in [0.3, 0.4) is 0 Å². The van der Waals surface area contributed by atoms with Crippen LogP contribution in [0.2, 0.25) is 0 Å². The molecule has 1 fully saturated rings. The number of amides is 1. The smallest absolute Gasteiger partial charge is 0.427 e. The van der Waals surface area contributed by atoms with E-state index >= 15 is 0 Å². The molecule has 0 bridgehead atoms. The minimum Gasteiger partial charge on any atom is -0.458 e. The summed E-state index contributed by atoms with van der Waals surface area (Å²) in [7, 11) is -4.41. The highest BCUT2D eigenvalue weighted by Crippen LogP contribution is 2.33. The highest BCUT2D eigenvalue weighted by Gasteiger charge is 2.59. The summed E-state index contributed by atoms with van der Waals surface area (Å²) in [4.78, 5) is 24.5. The fourth-order valence-corrected chi connectivity index (χ4v) is 3.00. The van der Waals surface area contributed by atoms with Crippen LogP contribution in [0.25, 0.3) is 0 Å². The molecule has 0 aromatic carbocycles. The Hall–Kier alpha value is -1.35. The van der Waals surface area contributed by atoms with Crippen molar-refractivity contribution in [2.45, 2.75) is 65.2 Å². The molecule has 0 radical (unpaired) electrons. The van der Waals surface area contributed by atoms with Gasteiger partial charge in [-0.1, -0.05) is 0 Å². The molecule has 1 aliphatic rings. The summed E-state index contributed by atoms with van der Waals surface area (Å²) in [6, 6.07) is 0. The van der Waals surface area contributed by atoms with Gasteiger partial charge in [-0.15, -0.1) is 0 Å². The molecule has 1 saturated heterocycles. The quantitative estimate of drug-likeness (QED) is 0.670. The number of carbonyl (C=O) groups excluding carboxylic acids is 2. The standard InChI is InChI=1S/C13H23NO7S/c1-11(2,3)20-9(15)13(7)8-19-22(17,18)14(13)10(16)21-12(4,5)6/h8H2,1-7H3/t13-/m0/s1. The summed E-state index contributed by atoms with van der Waals surface area (Å²) in [5.74, 6) is -0.882. The van der Waals surface area contributed by atoms with E-state index in [9.17, 15) is 18.0 Å². The topological polar surface area (TPSA) is 99.2 Å². The second-order valence-corrected chi connectivity index (χ2v) is 8.70. The number of hydrogen-bond acceptors (Lipinski definition) is 7. The van der Waals surface area contributed by atoms with Crippen molar-refractivity contribution in [1.82, 2.24) is 4.31 Å². The van der Waals surface area contributed by atoms with Crippen molar-refractivity contribution in [3.63, 3.8) is 0 Å². The Balaban J connectivity index is 3.18. The van der Waals surface area contributed by atoms with Gasteiger partial charge in [0.25, 0.3) is 0 Å². The van der Waals surface area contributed by atoms with E-state index in [1.165, 1.54) is 6.92 Å². The third-order valence-corrected chi connectivity index (χ3v) is 3.97. The number of nitrogens with zero attached hydrogens (tertiary/aromatic N) is 1. The predicted molar refractivity (Wildman–Crippen MR) is 77.2 cm³/mol. The molecule has 1 rings (SSSR count).